The molecule has 0 saturated carbocycles. The van der Waals surface area contributed by atoms with E-state index >= 15 is 0 Å². The number of rotatable bonds is 4. The number of nitrogens with one attached hydrogen (secondary N) is 1. The normalized spacial score (nSPS) is 15.1. The van der Waals surface area contributed by atoms with Crippen molar-refractivity contribution in [1.82, 2.24) is 25.1 Å². The molecule has 0 radical (unpaired) electrons. The standard InChI is InChI=1S/C23H21F3N6O/c24-23(25,26)15-3-7-18(8-4-15)33-17-5-1-14(2-6-17)20-19-21(27)29-13-30-22(19)32(31-20)16-9-11-28-12-10-16/h1-8,13,16,28H,9-12H2,(H2,27,29,30). The molecule has 1 aliphatic heterocycles. The summed E-state index contributed by atoms with van der Waals surface area (Å²) in [6.45, 7) is 1.83. The van der Waals surface area contributed by atoms with E-state index in [1.807, 2.05) is 16.8 Å². The molecule has 0 aliphatic carbocycles. The van der Waals surface area contributed by atoms with Crippen molar-refractivity contribution in [3.05, 3.63) is 60.4 Å². The zero-order valence-corrected chi connectivity index (χ0v) is 17.5. The van der Waals surface area contributed by atoms with Gasteiger partial charge in [-0.3, -0.25) is 0 Å². The fraction of sp³-hybridized carbons (Fsp3) is 0.261. The number of piperidine rings is 1. The fourth-order valence-corrected chi connectivity index (χ4v) is 4.03. The lowest BCUT2D eigenvalue weighted by molar-refractivity contribution is -0.137. The highest BCUT2D eigenvalue weighted by atomic mass is 19.4. The van der Waals surface area contributed by atoms with Crippen LogP contribution in [0.3, 0.4) is 0 Å². The summed E-state index contributed by atoms with van der Waals surface area (Å²) >= 11 is 0. The maximum atomic E-state index is 12.7. The molecule has 10 heteroatoms. The number of hydrogen-bond donors (Lipinski definition) is 2. The van der Waals surface area contributed by atoms with Crippen molar-refractivity contribution in [2.24, 2.45) is 0 Å². The highest BCUT2D eigenvalue weighted by Crippen LogP contribution is 2.35. The largest absolute Gasteiger partial charge is 0.457 e. The molecule has 2 aromatic carbocycles. The molecule has 0 amide bonds. The molecule has 5 rings (SSSR count). The van der Waals surface area contributed by atoms with Crippen LogP contribution in [-0.2, 0) is 6.18 Å². The summed E-state index contributed by atoms with van der Waals surface area (Å²) in [4.78, 5) is 8.59. The van der Waals surface area contributed by atoms with Gasteiger partial charge in [0.1, 0.15) is 29.3 Å². The second-order valence-electron chi connectivity index (χ2n) is 7.88. The zero-order valence-electron chi connectivity index (χ0n) is 17.5. The molecule has 4 aromatic rings. The molecule has 7 nitrogen and oxygen atoms in total. The van der Waals surface area contributed by atoms with E-state index in [0.29, 0.717) is 34.0 Å². The summed E-state index contributed by atoms with van der Waals surface area (Å²) in [7, 11) is 0. The smallest absolute Gasteiger partial charge is 0.416 e. The van der Waals surface area contributed by atoms with E-state index in [1.54, 1.807) is 12.1 Å². The van der Waals surface area contributed by atoms with Crippen LogP contribution in [0.1, 0.15) is 24.4 Å². The van der Waals surface area contributed by atoms with Crippen molar-refractivity contribution in [1.29, 1.82) is 0 Å². The predicted octanol–water partition coefficient (Wildman–Crippen LogP) is 4.81. The van der Waals surface area contributed by atoms with E-state index in [0.717, 1.165) is 43.6 Å². The quantitative estimate of drug-likeness (QED) is 0.460. The Balaban J connectivity index is 1.44. The Morgan fingerprint density at radius 2 is 1.58 bits per heavy atom. The van der Waals surface area contributed by atoms with Crippen LogP contribution in [0.15, 0.2) is 54.9 Å². The molecule has 1 fully saturated rings. The van der Waals surface area contributed by atoms with Gasteiger partial charge in [-0.2, -0.15) is 18.3 Å². The van der Waals surface area contributed by atoms with Gasteiger partial charge in [0, 0.05) is 5.56 Å². The van der Waals surface area contributed by atoms with Crippen LogP contribution in [0.25, 0.3) is 22.3 Å². The summed E-state index contributed by atoms with van der Waals surface area (Å²) < 4.78 is 45.9. The average Bonchev–Trinajstić information content (AvgIpc) is 3.21. The minimum atomic E-state index is -4.38. The van der Waals surface area contributed by atoms with E-state index < -0.39 is 11.7 Å². The van der Waals surface area contributed by atoms with Gasteiger partial charge in [-0.25, -0.2) is 14.6 Å². The lowest BCUT2D eigenvalue weighted by atomic mass is 10.1. The molecule has 1 saturated heterocycles. The lowest BCUT2D eigenvalue weighted by Gasteiger charge is -2.23. The molecule has 0 bridgehead atoms. The molecule has 0 spiro atoms. The first-order valence-corrected chi connectivity index (χ1v) is 10.5. The SMILES string of the molecule is Nc1ncnc2c1c(-c1ccc(Oc3ccc(C(F)(F)F)cc3)cc1)nn2C1CCNCC1. The van der Waals surface area contributed by atoms with Crippen molar-refractivity contribution in [3.63, 3.8) is 0 Å². The van der Waals surface area contributed by atoms with Gasteiger partial charge in [-0.05, 0) is 74.5 Å². The first-order valence-electron chi connectivity index (χ1n) is 10.5. The van der Waals surface area contributed by atoms with Crippen LogP contribution in [0.4, 0.5) is 19.0 Å². The van der Waals surface area contributed by atoms with Gasteiger partial charge in [0.15, 0.2) is 5.65 Å². The van der Waals surface area contributed by atoms with Crippen LogP contribution < -0.4 is 15.8 Å². The van der Waals surface area contributed by atoms with Crippen molar-refractivity contribution >= 4 is 16.9 Å². The lowest BCUT2D eigenvalue weighted by Crippen LogP contribution is -2.30. The number of fused-ring (bicyclic) bond motifs is 1. The number of hydrogen-bond acceptors (Lipinski definition) is 6. The van der Waals surface area contributed by atoms with Gasteiger partial charge >= 0.3 is 6.18 Å². The Bertz CT molecular complexity index is 1260. The molecular formula is C23H21F3N6O. The van der Waals surface area contributed by atoms with E-state index in [-0.39, 0.29) is 6.04 Å². The van der Waals surface area contributed by atoms with Gasteiger partial charge in [0.2, 0.25) is 0 Å². The van der Waals surface area contributed by atoms with Gasteiger partial charge in [0.05, 0.1) is 17.0 Å². The van der Waals surface area contributed by atoms with Crippen LogP contribution >= 0.6 is 0 Å². The fourth-order valence-electron chi connectivity index (χ4n) is 4.03. The van der Waals surface area contributed by atoms with Gasteiger partial charge < -0.3 is 15.8 Å². The van der Waals surface area contributed by atoms with Crippen LogP contribution in [0.5, 0.6) is 11.5 Å². The van der Waals surface area contributed by atoms with Crippen LogP contribution in [0, 0.1) is 0 Å². The van der Waals surface area contributed by atoms with Crippen LogP contribution in [-0.4, -0.2) is 32.8 Å². The third-order valence-corrected chi connectivity index (χ3v) is 5.72. The Hall–Kier alpha value is -3.66. The molecule has 3 heterocycles. The van der Waals surface area contributed by atoms with E-state index in [4.69, 9.17) is 15.6 Å². The van der Waals surface area contributed by atoms with Crippen LogP contribution in [0.2, 0.25) is 0 Å². The van der Waals surface area contributed by atoms with Gasteiger partial charge in [-0.1, -0.05) is 0 Å². The predicted molar refractivity (Wildman–Crippen MR) is 118 cm³/mol. The molecule has 0 atom stereocenters. The van der Waals surface area contributed by atoms with Gasteiger partial charge in [-0.15, -0.1) is 0 Å². The average molecular weight is 454 g/mol. The van der Waals surface area contributed by atoms with Crippen molar-refractivity contribution in [2.75, 3.05) is 18.8 Å². The number of benzene rings is 2. The molecule has 33 heavy (non-hydrogen) atoms. The second-order valence-corrected chi connectivity index (χ2v) is 7.88. The number of aromatic nitrogens is 4. The maximum Gasteiger partial charge on any atom is 0.416 e. The first kappa shape index (κ1) is 21.2. The highest BCUT2D eigenvalue weighted by Gasteiger charge is 2.30. The zero-order chi connectivity index (χ0) is 23.0. The van der Waals surface area contributed by atoms with Crippen molar-refractivity contribution in [3.8, 4) is 22.8 Å². The van der Waals surface area contributed by atoms with E-state index in [9.17, 15) is 13.2 Å². The van der Waals surface area contributed by atoms with Crippen molar-refractivity contribution < 1.29 is 17.9 Å². The Morgan fingerprint density at radius 3 is 2.21 bits per heavy atom. The minimum absolute atomic E-state index is 0.221. The number of nitrogens with zero attached hydrogens (tertiary/aromatic N) is 4. The number of nitrogens with two attached hydrogens (primary N) is 1. The topological polar surface area (TPSA) is 90.9 Å². The molecule has 0 unspecified atom stereocenters. The second kappa shape index (κ2) is 8.36. The van der Waals surface area contributed by atoms with Gasteiger partial charge in [0.25, 0.3) is 0 Å². The molecule has 1 aliphatic rings. The summed E-state index contributed by atoms with van der Waals surface area (Å²) in [5, 5.41) is 8.90. The van der Waals surface area contributed by atoms with Crippen molar-refractivity contribution in [2.45, 2.75) is 25.1 Å². The number of anilines is 1. The molecule has 2 aromatic heterocycles. The number of halogens is 3. The third kappa shape index (κ3) is 4.21. The van der Waals surface area contributed by atoms with E-state index in [2.05, 4.69) is 15.3 Å². The Labute approximate surface area is 187 Å². The summed E-state index contributed by atoms with van der Waals surface area (Å²) in [5.74, 6) is 1.17. The third-order valence-electron chi connectivity index (χ3n) is 5.72. The Kier molecular flexibility index (Phi) is 5.37. The Morgan fingerprint density at radius 1 is 0.939 bits per heavy atom. The first-order chi connectivity index (χ1) is 15.9. The highest BCUT2D eigenvalue weighted by molar-refractivity contribution is 5.98. The maximum absolute atomic E-state index is 12.7. The van der Waals surface area contributed by atoms with E-state index in [1.165, 1.54) is 18.5 Å². The summed E-state index contributed by atoms with van der Waals surface area (Å²) in [5.41, 5.74) is 7.67. The number of nitrogen functional groups attached to an aromatic ring is 1. The summed E-state index contributed by atoms with van der Waals surface area (Å²) in [6.07, 6.45) is -1.05. The monoisotopic (exact) mass is 454 g/mol. The molecular weight excluding hydrogens is 433 g/mol. The number of alkyl halides is 3. The summed E-state index contributed by atoms with van der Waals surface area (Å²) in [6, 6.07) is 11.9. The minimum Gasteiger partial charge on any atom is -0.457 e. The molecule has 3 N–H and O–H groups in total. The molecule has 170 valence electrons. The number of ether oxygens (including phenoxy) is 1.